The molecule has 1 aromatic rings. The largest absolute Gasteiger partial charge is 0.356 e. The van der Waals surface area contributed by atoms with Crippen molar-refractivity contribution in [1.29, 1.82) is 0 Å². The Morgan fingerprint density at radius 1 is 1.27 bits per heavy atom. The molecule has 1 saturated heterocycles. The Morgan fingerprint density at radius 2 is 2.00 bits per heavy atom. The zero-order valence-corrected chi connectivity index (χ0v) is 16.7. The third-order valence-electron chi connectivity index (χ3n) is 5.24. The lowest BCUT2D eigenvalue weighted by atomic mass is 10.0. The number of hydrogen-bond donors (Lipinski definition) is 2. The van der Waals surface area contributed by atoms with E-state index in [0.29, 0.717) is 24.3 Å². The van der Waals surface area contributed by atoms with Gasteiger partial charge >= 0.3 is 0 Å². The van der Waals surface area contributed by atoms with Crippen molar-refractivity contribution in [3.05, 3.63) is 35.4 Å². The quantitative estimate of drug-likeness (QED) is 0.555. The van der Waals surface area contributed by atoms with Crippen LogP contribution in [0.5, 0.6) is 0 Å². The lowest BCUT2D eigenvalue weighted by Gasteiger charge is -2.27. The maximum absolute atomic E-state index is 11.9. The summed E-state index contributed by atoms with van der Waals surface area (Å²) in [6, 6.07) is 9.03. The minimum absolute atomic E-state index is 0.311. The van der Waals surface area contributed by atoms with Gasteiger partial charge in [0.15, 0.2) is 5.96 Å². The summed E-state index contributed by atoms with van der Waals surface area (Å²) in [6.45, 7) is 9.06. The van der Waals surface area contributed by atoms with Crippen LogP contribution in [0.15, 0.2) is 29.3 Å². The monoisotopic (exact) mass is 358 g/mol. The van der Waals surface area contributed by atoms with Crippen LogP contribution in [-0.4, -0.2) is 49.5 Å². The number of aryl methyl sites for hydroxylation is 1. The van der Waals surface area contributed by atoms with Crippen molar-refractivity contribution in [2.45, 2.75) is 58.4 Å². The van der Waals surface area contributed by atoms with E-state index in [1.165, 1.54) is 11.1 Å². The van der Waals surface area contributed by atoms with Gasteiger partial charge in [-0.3, -0.25) is 9.79 Å². The normalized spacial score (nSPS) is 17.3. The fraction of sp³-hybridized carbons (Fsp3) is 0.619. The van der Waals surface area contributed by atoms with Gasteiger partial charge in [0.05, 0.1) is 0 Å². The Balaban J connectivity index is 1.75. The highest BCUT2D eigenvalue weighted by Gasteiger charge is 2.26. The number of nitrogens with one attached hydrogen (secondary N) is 2. The summed E-state index contributed by atoms with van der Waals surface area (Å²) in [6.07, 6.45) is 3.67. The van der Waals surface area contributed by atoms with Crippen LogP contribution in [0.2, 0.25) is 0 Å². The van der Waals surface area contributed by atoms with E-state index >= 15 is 0 Å². The molecular weight excluding hydrogens is 324 g/mol. The Bertz CT molecular complexity index is 597. The molecule has 0 bridgehead atoms. The molecule has 0 aliphatic carbocycles. The van der Waals surface area contributed by atoms with Gasteiger partial charge in [0.25, 0.3) is 0 Å². The van der Waals surface area contributed by atoms with Crippen LogP contribution in [0.3, 0.4) is 0 Å². The summed E-state index contributed by atoms with van der Waals surface area (Å²) < 4.78 is 0. The van der Waals surface area contributed by atoms with E-state index in [2.05, 4.69) is 65.6 Å². The predicted octanol–water partition coefficient (Wildman–Crippen LogP) is 3.05. The van der Waals surface area contributed by atoms with E-state index in [0.717, 1.165) is 44.9 Å². The second-order valence-corrected chi connectivity index (χ2v) is 7.23. The summed E-state index contributed by atoms with van der Waals surface area (Å²) in [5, 5.41) is 6.80. The van der Waals surface area contributed by atoms with Crippen molar-refractivity contribution in [3.8, 4) is 0 Å². The minimum atomic E-state index is 0.311. The third kappa shape index (κ3) is 5.75. The molecule has 1 aliphatic heterocycles. The SMILES string of the molecule is CCC(CCNC(=NC)NCC(C)c1ccc(C)cc1)N1CCCC1=O. The Morgan fingerprint density at radius 3 is 2.58 bits per heavy atom. The molecule has 0 saturated carbocycles. The van der Waals surface area contributed by atoms with Crippen LogP contribution in [0.1, 0.15) is 56.6 Å². The summed E-state index contributed by atoms with van der Waals surface area (Å²) in [4.78, 5) is 18.3. The fourth-order valence-corrected chi connectivity index (χ4v) is 3.48. The summed E-state index contributed by atoms with van der Waals surface area (Å²) in [7, 11) is 1.80. The molecule has 26 heavy (non-hydrogen) atoms. The number of nitrogens with zero attached hydrogens (tertiary/aromatic N) is 2. The van der Waals surface area contributed by atoms with Gasteiger partial charge in [-0.05, 0) is 37.7 Å². The van der Waals surface area contributed by atoms with Gasteiger partial charge in [0, 0.05) is 39.1 Å². The van der Waals surface area contributed by atoms with Crippen LogP contribution in [0.4, 0.5) is 0 Å². The average molecular weight is 359 g/mol. The number of carbonyl (C=O) groups is 1. The number of aliphatic imine (C=N–C) groups is 1. The van der Waals surface area contributed by atoms with Crippen LogP contribution in [0.25, 0.3) is 0 Å². The standard InChI is InChI=1S/C21H34N4O/c1-5-19(25-14-6-7-20(25)26)12-13-23-21(22-4)24-15-17(3)18-10-8-16(2)9-11-18/h8-11,17,19H,5-7,12-15H2,1-4H3,(H2,22,23,24). The van der Waals surface area contributed by atoms with Gasteiger partial charge in [-0.25, -0.2) is 0 Å². The van der Waals surface area contributed by atoms with Gasteiger partial charge in [-0.1, -0.05) is 43.7 Å². The smallest absolute Gasteiger partial charge is 0.222 e. The maximum Gasteiger partial charge on any atom is 0.222 e. The van der Waals surface area contributed by atoms with Gasteiger partial charge in [0.1, 0.15) is 0 Å². The third-order valence-corrected chi connectivity index (χ3v) is 5.24. The molecule has 1 aliphatic rings. The lowest BCUT2D eigenvalue weighted by molar-refractivity contribution is -0.129. The molecule has 144 valence electrons. The second-order valence-electron chi connectivity index (χ2n) is 7.23. The minimum Gasteiger partial charge on any atom is -0.356 e. The number of carbonyl (C=O) groups excluding carboxylic acids is 1. The molecule has 1 fully saturated rings. The molecule has 2 unspecified atom stereocenters. The van der Waals surface area contributed by atoms with E-state index in [1.807, 2.05) is 0 Å². The fourth-order valence-electron chi connectivity index (χ4n) is 3.48. The van der Waals surface area contributed by atoms with Crippen molar-refractivity contribution < 1.29 is 4.79 Å². The molecule has 1 heterocycles. The topological polar surface area (TPSA) is 56.7 Å². The maximum atomic E-state index is 11.9. The summed E-state index contributed by atoms with van der Waals surface area (Å²) in [5.41, 5.74) is 2.62. The summed E-state index contributed by atoms with van der Waals surface area (Å²) in [5.74, 6) is 1.55. The molecule has 0 spiro atoms. The molecule has 0 aromatic heterocycles. The number of rotatable bonds is 8. The molecule has 2 atom stereocenters. The van der Waals surface area contributed by atoms with Gasteiger partial charge in [-0.15, -0.1) is 0 Å². The van der Waals surface area contributed by atoms with Crippen molar-refractivity contribution >= 4 is 11.9 Å². The molecule has 1 amide bonds. The number of benzene rings is 1. The van der Waals surface area contributed by atoms with E-state index in [4.69, 9.17) is 0 Å². The highest BCUT2D eigenvalue weighted by atomic mass is 16.2. The predicted molar refractivity (Wildman–Crippen MR) is 109 cm³/mol. The first kappa shape index (κ1) is 20.3. The van der Waals surface area contributed by atoms with E-state index in [1.54, 1.807) is 7.05 Å². The highest BCUT2D eigenvalue weighted by molar-refractivity contribution is 5.80. The first-order valence-electron chi connectivity index (χ1n) is 9.85. The van der Waals surface area contributed by atoms with Crippen molar-refractivity contribution in [3.63, 3.8) is 0 Å². The molecule has 2 N–H and O–H groups in total. The Hall–Kier alpha value is -2.04. The Kier molecular flexibility index (Phi) is 7.95. The van der Waals surface area contributed by atoms with Gasteiger partial charge in [-0.2, -0.15) is 0 Å². The summed E-state index contributed by atoms with van der Waals surface area (Å²) >= 11 is 0. The molecule has 5 nitrogen and oxygen atoms in total. The van der Waals surface area contributed by atoms with Gasteiger partial charge < -0.3 is 15.5 Å². The van der Waals surface area contributed by atoms with E-state index in [-0.39, 0.29) is 0 Å². The first-order chi connectivity index (χ1) is 12.5. The molecular formula is C21H34N4O. The van der Waals surface area contributed by atoms with Crippen LogP contribution >= 0.6 is 0 Å². The number of likely N-dealkylation sites (tertiary alicyclic amines) is 1. The molecule has 1 aromatic carbocycles. The second kappa shape index (κ2) is 10.2. The first-order valence-corrected chi connectivity index (χ1v) is 9.85. The number of guanidine groups is 1. The van der Waals surface area contributed by atoms with Crippen LogP contribution in [-0.2, 0) is 4.79 Å². The average Bonchev–Trinajstić information content (AvgIpc) is 3.07. The van der Waals surface area contributed by atoms with Crippen LogP contribution < -0.4 is 10.6 Å². The van der Waals surface area contributed by atoms with E-state index in [9.17, 15) is 4.79 Å². The zero-order valence-electron chi connectivity index (χ0n) is 16.7. The van der Waals surface area contributed by atoms with Crippen molar-refractivity contribution in [1.82, 2.24) is 15.5 Å². The highest BCUT2D eigenvalue weighted by Crippen LogP contribution is 2.18. The van der Waals surface area contributed by atoms with Crippen molar-refractivity contribution in [2.24, 2.45) is 4.99 Å². The Labute approximate surface area is 158 Å². The van der Waals surface area contributed by atoms with E-state index < -0.39 is 0 Å². The molecule has 0 radical (unpaired) electrons. The number of hydrogen-bond acceptors (Lipinski definition) is 2. The lowest BCUT2D eigenvalue weighted by Crippen LogP contribution is -2.42. The van der Waals surface area contributed by atoms with Crippen LogP contribution in [0, 0.1) is 6.92 Å². The van der Waals surface area contributed by atoms with Crippen molar-refractivity contribution in [2.75, 3.05) is 26.7 Å². The zero-order chi connectivity index (χ0) is 18.9. The van der Waals surface area contributed by atoms with Gasteiger partial charge in [0.2, 0.25) is 5.91 Å². The molecule has 5 heteroatoms. The number of amides is 1. The molecule has 2 rings (SSSR count).